The van der Waals surface area contributed by atoms with Crippen molar-refractivity contribution in [3.05, 3.63) is 65.1 Å². The van der Waals surface area contributed by atoms with E-state index in [1.807, 2.05) is 18.2 Å². The smallest absolute Gasteiger partial charge is 0.269 e. The molecule has 0 saturated carbocycles. The minimum atomic E-state index is -0.276. The fourth-order valence-corrected chi connectivity index (χ4v) is 3.53. The van der Waals surface area contributed by atoms with Gasteiger partial charge in [0.2, 0.25) is 11.8 Å². The number of nitrogens with zero attached hydrogens (tertiary/aromatic N) is 2. The van der Waals surface area contributed by atoms with E-state index in [0.717, 1.165) is 24.1 Å². The summed E-state index contributed by atoms with van der Waals surface area (Å²) in [6, 6.07) is 10.9. The molecule has 2 amide bonds. The van der Waals surface area contributed by atoms with Crippen molar-refractivity contribution in [1.82, 2.24) is 15.5 Å². The van der Waals surface area contributed by atoms with Crippen LogP contribution >= 0.6 is 0 Å². The van der Waals surface area contributed by atoms with Crippen LogP contribution in [-0.4, -0.2) is 29.0 Å². The Hall–Kier alpha value is -3.68. The molecule has 2 heterocycles. The number of pyridine rings is 1. The Bertz CT molecular complexity index is 1090. The van der Waals surface area contributed by atoms with Crippen LogP contribution in [0.3, 0.4) is 0 Å². The zero-order chi connectivity index (χ0) is 21.1. The van der Waals surface area contributed by atoms with Gasteiger partial charge in [-0.25, -0.2) is 0 Å². The van der Waals surface area contributed by atoms with E-state index < -0.39 is 0 Å². The van der Waals surface area contributed by atoms with Crippen molar-refractivity contribution in [2.24, 2.45) is 5.92 Å². The SMILES string of the molecule is CNC(=O)c1cc(Oc2ccc3c(c2)CC(C(=O)Nc2cc(C)no2)CC3)ccn1. The second kappa shape index (κ2) is 8.36. The van der Waals surface area contributed by atoms with Gasteiger partial charge in [0, 0.05) is 31.3 Å². The molecule has 154 valence electrons. The van der Waals surface area contributed by atoms with Crippen LogP contribution in [0.25, 0.3) is 0 Å². The van der Waals surface area contributed by atoms with Crippen LogP contribution in [0.4, 0.5) is 5.88 Å². The van der Waals surface area contributed by atoms with E-state index in [1.165, 1.54) is 11.8 Å². The number of carbonyl (C=O) groups is 2. The summed E-state index contributed by atoms with van der Waals surface area (Å²) < 4.78 is 11.0. The summed E-state index contributed by atoms with van der Waals surface area (Å²) in [5.41, 5.74) is 3.29. The Balaban J connectivity index is 1.46. The van der Waals surface area contributed by atoms with Crippen molar-refractivity contribution in [1.29, 1.82) is 0 Å². The van der Waals surface area contributed by atoms with Crippen molar-refractivity contribution in [3.63, 3.8) is 0 Å². The Morgan fingerprint density at radius 3 is 2.73 bits per heavy atom. The maximum atomic E-state index is 12.6. The highest BCUT2D eigenvalue weighted by Gasteiger charge is 2.26. The zero-order valence-corrected chi connectivity index (χ0v) is 16.8. The summed E-state index contributed by atoms with van der Waals surface area (Å²) >= 11 is 0. The molecule has 0 spiro atoms. The van der Waals surface area contributed by atoms with Crippen LogP contribution in [0.5, 0.6) is 11.5 Å². The molecule has 2 N–H and O–H groups in total. The first kappa shape index (κ1) is 19.6. The van der Waals surface area contributed by atoms with E-state index in [2.05, 4.69) is 20.8 Å². The molecule has 1 atom stereocenters. The predicted molar refractivity (Wildman–Crippen MR) is 110 cm³/mol. The molecule has 1 aliphatic rings. The second-order valence-electron chi connectivity index (χ2n) is 7.25. The third kappa shape index (κ3) is 4.32. The van der Waals surface area contributed by atoms with E-state index >= 15 is 0 Å². The van der Waals surface area contributed by atoms with E-state index in [4.69, 9.17) is 9.26 Å². The maximum Gasteiger partial charge on any atom is 0.269 e. The Morgan fingerprint density at radius 2 is 1.97 bits per heavy atom. The lowest BCUT2D eigenvalue weighted by Gasteiger charge is -2.24. The maximum absolute atomic E-state index is 12.6. The number of carbonyl (C=O) groups excluding carboxylic acids is 2. The number of fused-ring (bicyclic) bond motifs is 1. The number of anilines is 1. The minimum absolute atomic E-state index is 0.0764. The Labute approximate surface area is 173 Å². The molecule has 0 bridgehead atoms. The summed E-state index contributed by atoms with van der Waals surface area (Å²) in [5.74, 6) is 1.03. The molecule has 2 aromatic heterocycles. The van der Waals surface area contributed by atoms with Gasteiger partial charge in [0.1, 0.15) is 17.2 Å². The van der Waals surface area contributed by atoms with Gasteiger partial charge >= 0.3 is 0 Å². The van der Waals surface area contributed by atoms with Gasteiger partial charge in [0.05, 0.1) is 5.69 Å². The molecule has 4 rings (SSSR count). The van der Waals surface area contributed by atoms with Crippen molar-refractivity contribution in [3.8, 4) is 11.5 Å². The lowest BCUT2D eigenvalue weighted by atomic mass is 9.83. The van der Waals surface area contributed by atoms with Gasteiger partial charge in [-0.15, -0.1) is 0 Å². The normalized spacial score (nSPS) is 15.2. The van der Waals surface area contributed by atoms with Crippen molar-refractivity contribution < 1.29 is 18.8 Å². The number of hydrogen-bond donors (Lipinski definition) is 2. The lowest BCUT2D eigenvalue weighted by Crippen LogP contribution is -2.28. The molecule has 8 nitrogen and oxygen atoms in total. The molecule has 0 radical (unpaired) electrons. The number of aryl methyl sites for hydroxylation is 2. The van der Waals surface area contributed by atoms with Gasteiger partial charge in [-0.2, -0.15) is 0 Å². The number of hydrogen-bond acceptors (Lipinski definition) is 6. The third-order valence-electron chi connectivity index (χ3n) is 5.08. The summed E-state index contributed by atoms with van der Waals surface area (Å²) in [5, 5.41) is 9.13. The topological polar surface area (TPSA) is 106 Å². The lowest BCUT2D eigenvalue weighted by molar-refractivity contribution is -0.120. The summed E-state index contributed by atoms with van der Waals surface area (Å²) in [6.07, 6.45) is 3.74. The number of amides is 2. The van der Waals surface area contributed by atoms with Gasteiger partial charge in [-0.3, -0.25) is 19.9 Å². The molecule has 0 aliphatic heterocycles. The first-order valence-electron chi connectivity index (χ1n) is 9.74. The highest BCUT2D eigenvalue weighted by molar-refractivity contribution is 5.92. The molecule has 1 unspecified atom stereocenters. The van der Waals surface area contributed by atoms with Crippen LogP contribution in [0.15, 0.2) is 47.1 Å². The van der Waals surface area contributed by atoms with E-state index in [1.54, 1.807) is 32.2 Å². The average Bonchev–Trinajstić information content (AvgIpc) is 3.17. The fraction of sp³-hybridized carbons (Fsp3) is 0.273. The van der Waals surface area contributed by atoms with Crippen LogP contribution in [0, 0.1) is 12.8 Å². The highest BCUT2D eigenvalue weighted by Crippen LogP contribution is 2.31. The third-order valence-corrected chi connectivity index (χ3v) is 5.08. The zero-order valence-electron chi connectivity index (χ0n) is 16.8. The summed E-state index contributed by atoms with van der Waals surface area (Å²) in [7, 11) is 1.55. The van der Waals surface area contributed by atoms with Crippen LogP contribution in [-0.2, 0) is 17.6 Å². The summed E-state index contributed by atoms with van der Waals surface area (Å²) in [6.45, 7) is 1.80. The number of nitrogens with one attached hydrogen (secondary N) is 2. The molecule has 30 heavy (non-hydrogen) atoms. The summed E-state index contributed by atoms with van der Waals surface area (Å²) in [4.78, 5) is 28.4. The number of aromatic nitrogens is 2. The first-order valence-corrected chi connectivity index (χ1v) is 9.74. The molecule has 0 saturated heterocycles. The van der Waals surface area contributed by atoms with Crippen LogP contribution in [0.2, 0.25) is 0 Å². The van der Waals surface area contributed by atoms with Gasteiger partial charge < -0.3 is 14.6 Å². The average molecular weight is 406 g/mol. The molecule has 3 aromatic rings. The van der Waals surface area contributed by atoms with E-state index in [-0.39, 0.29) is 23.4 Å². The fourth-order valence-electron chi connectivity index (χ4n) is 3.53. The van der Waals surface area contributed by atoms with Crippen molar-refractivity contribution >= 4 is 17.7 Å². The van der Waals surface area contributed by atoms with Gasteiger partial charge in [0.25, 0.3) is 5.91 Å². The molecular formula is C22H22N4O4. The van der Waals surface area contributed by atoms with E-state index in [9.17, 15) is 9.59 Å². The second-order valence-corrected chi connectivity index (χ2v) is 7.25. The van der Waals surface area contributed by atoms with Crippen LogP contribution < -0.4 is 15.4 Å². The minimum Gasteiger partial charge on any atom is -0.457 e. The van der Waals surface area contributed by atoms with Crippen LogP contribution in [0.1, 0.15) is 33.7 Å². The predicted octanol–water partition coefficient (Wildman–Crippen LogP) is 3.27. The molecular weight excluding hydrogens is 384 g/mol. The monoisotopic (exact) mass is 406 g/mol. The van der Waals surface area contributed by atoms with E-state index in [0.29, 0.717) is 23.8 Å². The Morgan fingerprint density at radius 1 is 1.13 bits per heavy atom. The van der Waals surface area contributed by atoms with Gasteiger partial charge in [-0.05, 0) is 55.5 Å². The quantitative estimate of drug-likeness (QED) is 0.674. The molecule has 0 fully saturated rings. The van der Waals surface area contributed by atoms with Crippen molar-refractivity contribution in [2.45, 2.75) is 26.2 Å². The highest BCUT2D eigenvalue weighted by atomic mass is 16.5. The van der Waals surface area contributed by atoms with Crippen molar-refractivity contribution in [2.75, 3.05) is 12.4 Å². The largest absolute Gasteiger partial charge is 0.457 e. The van der Waals surface area contributed by atoms with Gasteiger partial charge in [-0.1, -0.05) is 11.2 Å². The number of ether oxygens (including phenoxy) is 1. The standard InChI is InChI=1S/C22H22N4O4/c1-13-9-20(30-26-13)25-21(27)15-4-3-14-5-6-17(11-16(14)10-15)29-18-7-8-24-19(12-18)22(28)23-2/h5-9,11-12,15H,3-4,10H2,1-2H3,(H,23,28)(H,25,27). The first-order chi connectivity index (χ1) is 14.5. The molecule has 1 aliphatic carbocycles. The Kier molecular flexibility index (Phi) is 5.47. The van der Waals surface area contributed by atoms with Gasteiger partial charge in [0.15, 0.2) is 0 Å². The number of rotatable bonds is 5. The molecule has 8 heteroatoms. The number of benzene rings is 1. The molecule has 1 aromatic carbocycles.